The van der Waals surface area contributed by atoms with Gasteiger partial charge in [0.05, 0.1) is 0 Å². The Morgan fingerprint density at radius 2 is 2.00 bits per heavy atom. The van der Waals surface area contributed by atoms with Gasteiger partial charge in [-0.1, -0.05) is 0 Å². The minimum atomic E-state index is -4.09. The standard InChI is InChI=1S/CH4N2O3S.H2O/c2-3-1-7(4,5)6;/h1H,2H2,(H,4,5,6);1H2. The summed E-state index contributed by atoms with van der Waals surface area (Å²) in [5.41, 5.74) is 0.243. The Balaban J connectivity index is 0. The van der Waals surface area contributed by atoms with Crippen molar-refractivity contribution in [3.63, 3.8) is 0 Å². The van der Waals surface area contributed by atoms with E-state index in [4.69, 9.17) is 4.55 Å². The van der Waals surface area contributed by atoms with Crippen molar-refractivity contribution >= 4 is 15.7 Å². The molecule has 0 aliphatic rings. The smallest absolute Gasteiger partial charge is 0.306 e. The maximum Gasteiger partial charge on any atom is 0.306 e. The van der Waals surface area contributed by atoms with Crippen LogP contribution < -0.4 is 5.84 Å². The zero-order valence-corrected chi connectivity index (χ0v) is 4.59. The Bertz CT molecular complexity index is 157. The highest BCUT2D eigenvalue weighted by molar-refractivity contribution is 7.99. The van der Waals surface area contributed by atoms with Gasteiger partial charge >= 0.3 is 10.1 Å². The first-order valence-corrected chi connectivity index (χ1v) is 2.77. The van der Waals surface area contributed by atoms with Gasteiger partial charge in [0.1, 0.15) is 0 Å². The van der Waals surface area contributed by atoms with E-state index in [0.717, 1.165) is 0 Å². The lowest BCUT2D eigenvalue weighted by molar-refractivity contribution is 0.499. The van der Waals surface area contributed by atoms with Crippen LogP contribution in [0.25, 0.3) is 0 Å². The van der Waals surface area contributed by atoms with Crippen LogP contribution in [0, 0.1) is 0 Å². The molecule has 0 radical (unpaired) electrons. The fourth-order valence-corrected chi connectivity index (χ4v) is 0.231. The third kappa shape index (κ3) is 9.02. The van der Waals surface area contributed by atoms with Gasteiger partial charge < -0.3 is 11.3 Å². The van der Waals surface area contributed by atoms with Crippen molar-refractivity contribution in [3.05, 3.63) is 0 Å². The van der Waals surface area contributed by atoms with Crippen molar-refractivity contribution in [1.29, 1.82) is 0 Å². The van der Waals surface area contributed by atoms with Crippen molar-refractivity contribution < 1.29 is 18.4 Å². The van der Waals surface area contributed by atoms with Crippen molar-refractivity contribution in [3.8, 4) is 0 Å². The van der Waals surface area contributed by atoms with E-state index in [1.165, 1.54) is 0 Å². The zero-order chi connectivity index (χ0) is 5.91. The lowest BCUT2D eigenvalue weighted by atomic mass is 11.7. The SMILES string of the molecule is NN=CS(=O)(=O)O.O. The molecule has 0 heterocycles. The summed E-state index contributed by atoms with van der Waals surface area (Å²) in [4.78, 5) is 0. The summed E-state index contributed by atoms with van der Waals surface area (Å²) in [6.07, 6.45) is 0. The van der Waals surface area contributed by atoms with E-state index in [1.54, 1.807) is 0 Å². The molecule has 0 unspecified atom stereocenters. The average molecular weight is 142 g/mol. The number of nitrogens with zero attached hydrogens (tertiary/aromatic N) is 1. The molecule has 0 amide bonds. The fraction of sp³-hybridized carbons (Fsp3) is 0. The van der Waals surface area contributed by atoms with E-state index >= 15 is 0 Å². The minimum absolute atomic E-state index is 0. The Kier molecular flexibility index (Phi) is 4.34. The number of hydrazone groups is 1. The summed E-state index contributed by atoms with van der Waals surface area (Å²) in [7, 11) is -4.09. The summed E-state index contributed by atoms with van der Waals surface area (Å²) >= 11 is 0. The van der Waals surface area contributed by atoms with E-state index < -0.39 is 10.1 Å². The molecule has 0 aromatic rings. The van der Waals surface area contributed by atoms with Gasteiger partial charge in [0, 0.05) is 0 Å². The molecule has 0 saturated carbocycles. The molecule has 0 saturated heterocycles. The van der Waals surface area contributed by atoms with Gasteiger partial charge in [0.25, 0.3) is 0 Å². The van der Waals surface area contributed by atoms with Crippen LogP contribution >= 0.6 is 0 Å². The van der Waals surface area contributed by atoms with Gasteiger partial charge in [-0.2, -0.15) is 13.5 Å². The molecule has 8 heavy (non-hydrogen) atoms. The quantitative estimate of drug-likeness (QED) is 0.144. The lowest BCUT2D eigenvalue weighted by Gasteiger charge is -1.75. The Morgan fingerprint density at radius 3 is 2.00 bits per heavy atom. The van der Waals surface area contributed by atoms with Crippen LogP contribution in [-0.2, 0) is 10.1 Å². The number of rotatable bonds is 1. The molecule has 0 spiro atoms. The van der Waals surface area contributed by atoms with Crippen LogP contribution in [0.2, 0.25) is 0 Å². The number of nitrogens with two attached hydrogens (primary N) is 1. The Hall–Kier alpha value is -0.660. The maximum atomic E-state index is 9.56. The van der Waals surface area contributed by atoms with Gasteiger partial charge in [-0.3, -0.25) is 4.55 Å². The van der Waals surface area contributed by atoms with Crippen LogP contribution in [0.1, 0.15) is 0 Å². The molecule has 50 valence electrons. The summed E-state index contributed by atoms with van der Waals surface area (Å²) in [6, 6.07) is 0. The summed E-state index contributed by atoms with van der Waals surface area (Å²) in [6.45, 7) is 0. The average Bonchev–Trinajstić information content (AvgIpc) is 1.30. The summed E-state index contributed by atoms with van der Waals surface area (Å²) in [5, 5.41) is 2.54. The van der Waals surface area contributed by atoms with E-state index in [2.05, 4.69) is 10.9 Å². The highest BCUT2D eigenvalue weighted by Crippen LogP contribution is 1.67. The largest absolute Gasteiger partial charge is 0.412 e. The molecule has 0 atom stereocenters. The van der Waals surface area contributed by atoms with Gasteiger partial charge in [0.15, 0.2) is 5.55 Å². The molecule has 0 aromatic carbocycles. The minimum Gasteiger partial charge on any atom is -0.412 e. The Labute approximate surface area is 46.1 Å². The third-order valence-electron chi connectivity index (χ3n) is 0.194. The van der Waals surface area contributed by atoms with Crippen molar-refractivity contribution in [2.75, 3.05) is 0 Å². The topological polar surface area (TPSA) is 124 Å². The van der Waals surface area contributed by atoms with Gasteiger partial charge in [-0.05, 0) is 0 Å². The van der Waals surface area contributed by atoms with Crippen molar-refractivity contribution in [2.45, 2.75) is 0 Å². The highest BCUT2D eigenvalue weighted by atomic mass is 32.2. The van der Waals surface area contributed by atoms with Gasteiger partial charge in [-0.25, -0.2) is 0 Å². The molecule has 0 aliphatic carbocycles. The van der Waals surface area contributed by atoms with Crippen LogP contribution in [-0.4, -0.2) is 24.0 Å². The molecule has 0 rings (SSSR count). The normalized spacial score (nSPS) is 11.1. The molecular weight excluding hydrogens is 136 g/mol. The molecule has 7 heteroatoms. The highest BCUT2D eigenvalue weighted by Gasteiger charge is 1.92. The van der Waals surface area contributed by atoms with E-state index in [0.29, 0.717) is 0 Å². The van der Waals surface area contributed by atoms with Crippen molar-refractivity contribution in [1.82, 2.24) is 0 Å². The van der Waals surface area contributed by atoms with Gasteiger partial charge in [0.2, 0.25) is 0 Å². The maximum absolute atomic E-state index is 9.56. The Morgan fingerprint density at radius 1 is 1.62 bits per heavy atom. The van der Waals surface area contributed by atoms with Crippen LogP contribution in [0.3, 0.4) is 0 Å². The molecule has 5 N–H and O–H groups in total. The predicted molar refractivity (Wildman–Crippen MR) is 27.8 cm³/mol. The van der Waals surface area contributed by atoms with E-state index in [9.17, 15) is 8.42 Å². The van der Waals surface area contributed by atoms with E-state index in [-0.39, 0.29) is 11.0 Å². The van der Waals surface area contributed by atoms with Crippen LogP contribution in [0.5, 0.6) is 0 Å². The van der Waals surface area contributed by atoms with E-state index in [1.807, 2.05) is 0 Å². The van der Waals surface area contributed by atoms with Crippen molar-refractivity contribution in [2.24, 2.45) is 10.9 Å². The first-order chi connectivity index (χ1) is 3.06. The molecule has 0 bridgehead atoms. The molecule has 0 fully saturated rings. The monoisotopic (exact) mass is 142 g/mol. The van der Waals surface area contributed by atoms with Crippen LogP contribution in [0.15, 0.2) is 5.10 Å². The zero-order valence-electron chi connectivity index (χ0n) is 3.77. The van der Waals surface area contributed by atoms with Gasteiger partial charge in [-0.15, -0.1) is 0 Å². The second kappa shape index (κ2) is 3.36. The molecule has 6 nitrogen and oxygen atoms in total. The first-order valence-electron chi connectivity index (χ1n) is 1.27. The number of hydrogen-bond acceptors (Lipinski definition) is 4. The second-order valence-corrected chi connectivity index (χ2v) is 2.01. The predicted octanol–water partition coefficient (Wildman–Crippen LogP) is -2.05. The number of hydrogen-bond donors (Lipinski definition) is 2. The fourth-order valence-electron chi connectivity index (χ4n) is 0.0769. The lowest BCUT2D eigenvalue weighted by Crippen LogP contribution is -1.98. The third-order valence-corrected chi connectivity index (χ3v) is 0.582. The first kappa shape index (κ1) is 10.3. The molecule has 0 aromatic heterocycles. The summed E-state index contributed by atoms with van der Waals surface area (Å²) < 4.78 is 26.9. The molecule has 0 aliphatic heterocycles. The molecular formula is CH6N2O4S. The second-order valence-electron chi connectivity index (χ2n) is 0.769. The van der Waals surface area contributed by atoms with Crippen LogP contribution in [0.4, 0.5) is 0 Å². The summed E-state index contributed by atoms with van der Waals surface area (Å²) in [5.74, 6) is 4.34.